The minimum absolute atomic E-state index is 0.334. The molecule has 1 saturated carbocycles. The fourth-order valence-electron chi connectivity index (χ4n) is 2.69. The maximum absolute atomic E-state index is 11.0. The first-order chi connectivity index (χ1) is 8.49. The predicted octanol–water partition coefficient (Wildman–Crippen LogP) is 3.17. The summed E-state index contributed by atoms with van der Waals surface area (Å²) in [6.07, 6.45) is 5.10. The summed E-state index contributed by atoms with van der Waals surface area (Å²) in [6.45, 7) is 4.64. The average Bonchev–Trinajstić information content (AvgIpc) is 2.32. The molecule has 0 radical (unpaired) electrons. The second-order valence-electron chi connectivity index (χ2n) is 5.87. The number of primary amides is 1. The van der Waals surface area contributed by atoms with Crippen LogP contribution in [0.4, 0.5) is 5.69 Å². The Labute approximate surface area is 109 Å². The summed E-state index contributed by atoms with van der Waals surface area (Å²) >= 11 is 0. The molecular weight excluding hydrogens is 224 g/mol. The molecule has 3 heteroatoms. The zero-order valence-electron chi connectivity index (χ0n) is 11.2. The Balaban J connectivity index is 2.06. The number of benzene rings is 1. The van der Waals surface area contributed by atoms with Crippen LogP contribution in [0.15, 0.2) is 24.3 Å². The van der Waals surface area contributed by atoms with E-state index in [2.05, 4.69) is 19.2 Å². The number of amides is 1. The molecular formula is C15H22N2O. The van der Waals surface area contributed by atoms with E-state index in [4.69, 9.17) is 5.73 Å². The third-order valence-corrected chi connectivity index (χ3v) is 4.02. The highest BCUT2D eigenvalue weighted by Crippen LogP contribution is 2.37. The molecule has 1 atom stereocenters. The monoisotopic (exact) mass is 246 g/mol. The van der Waals surface area contributed by atoms with Gasteiger partial charge < -0.3 is 11.1 Å². The summed E-state index contributed by atoms with van der Waals surface area (Å²) in [4.78, 5) is 11.0. The lowest BCUT2D eigenvalue weighted by molar-refractivity contribution is 0.100. The van der Waals surface area contributed by atoms with Gasteiger partial charge in [-0.2, -0.15) is 0 Å². The first-order valence-corrected chi connectivity index (χ1v) is 6.65. The minimum atomic E-state index is -0.375. The van der Waals surface area contributed by atoms with Gasteiger partial charge in [0.1, 0.15) is 0 Å². The normalized spacial score (nSPS) is 22.4. The van der Waals surface area contributed by atoms with E-state index in [-0.39, 0.29) is 5.91 Å². The van der Waals surface area contributed by atoms with Gasteiger partial charge in [0.05, 0.1) is 0 Å². The number of hydrogen-bond acceptors (Lipinski definition) is 2. The summed E-state index contributed by atoms with van der Waals surface area (Å²) in [5.74, 6) is -0.375. The highest BCUT2D eigenvalue weighted by Gasteiger charge is 2.31. The van der Waals surface area contributed by atoms with E-state index in [1.165, 1.54) is 25.7 Å². The van der Waals surface area contributed by atoms with Gasteiger partial charge in [0.2, 0.25) is 5.91 Å². The maximum atomic E-state index is 11.0. The molecule has 0 saturated heterocycles. The summed E-state index contributed by atoms with van der Waals surface area (Å²) in [5.41, 5.74) is 7.19. The van der Waals surface area contributed by atoms with E-state index >= 15 is 0 Å². The Morgan fingerprint density at radius 2 is 1.94 bits per heavy atom. The summed E-state index contributed by atoms with van der Waals surface area (Å²) in [6, 6.07) is 7.93. The van der Waals surface area contributed by atoms with Crippen LogP contribution in [-0.4, -0.2) is 11.9 Å². The second-order valence-corrected chi connectivity index (χ2v) is 5.87. The molecule has 1 unspecified atom stereocenters. The summed E-state index contributed by atoms with van der Waals surface area (Å²) in [5, 5.41) is 3.59. The molecule has 0 aromatic heterocycles. The van der Waals surface area contributed by atoms with Crippen molar-refractivity contribution in [2.45, 2.75) is 45.6 Å². The number of carbonyl (C=O) groups excluding carboxylic acids is 1. The molecule has 18 heavy (non-hydrogen) atoms. The smallest absolute Gasteiger partial charge is 0.248 e. The van der Waals surface area contributed by atoms with Crippen LogP contribution < -0.4 is 11.1 Å². The molecule has 1 fully saturated rings. The number of nitrogens with one attached hydrogen (secondary N) is 1. The van der Waals surface area contributed by atoms with Crippen molar-refractivity contribution in [2.24, 2.45) is 11.1 Å². The maximum Gasteiger partial charge on any atom is 0.248 e. The SMILES string of the molecule is CC1(C)CCCCC1Nc1ccc(C(N)=O)cc1. The molecule has 1 aromatic carbocycles. The lowest BCUT2D eigenvalue weighted by Gasteiger charge is -2.39. The first-order valence-electron chi connectivity index (χ1n) is 6.65. The fraction of sp³-hybridized carbons (Fsp3) is 0.533. The van der Waals surface area contributed by atoms with Crippen LogP contribution in [0, 0.1) is 5.41 Å². The van der Waals surface area contributed by atoms with Gasteiger partial charge in [-0.05, 0) is 42.5 Å². The Morgan fingerprint density at radius 3 is 2.50 bits per heavy atom. The van der Waals surface area contributed by atoms with Crippen molar-refractivity contribution in [3.05, 3.63) is 29.8 Å². The third kappa shape index (κ3) is 2.84. The van der Waals surface area contributed by atoms with Crippen LogP contribution in [-0.2, 0) is 0 Å². The molecule has 3 nitrogen and oxygen atoms in total. The van der Waals surface area contributed by atoms with Gasteiger partial charge in [-0.15, -0.1) is 0 Å². The fourth-order valence-corrected chi connectivity index (χ4v) is 2.69. The molecule has 3 N–H and O–H groups in total. The topological polar surface area (TPSA) is 55.1 Å². The number of nitrogens with two attached hydrogens (primary N) is 1. The van der Waals surface area contributed by atoms with E-state index in [9.17, 15) is 4.79 Å². The molecule has 0 bridgehead atoms. The number of carbonyl (C=O) groups is 1. The zero-order chi connectivity index (χ0) is 13.2. The van der Waals surface area contributed by atoms with Gasteiger partial charge in [0.25, 0.3) is 0 Å². The largest absolute Gasteiger partial charge is 0.382 e. The van der Waals surface area contributed by atoms with Gasteiger partial charge >= 0.3 is 0 Å². The molecule has 1 aliphatic rings. The molecule has 1 amide bonds. The Bertz CT molecular complexity index is 423. The number of rotatable bonds is 3. The average molecular weight is 246 g/mol. The molecule has 0 heterocycles. The van der Waals surface area contributed by atoms with Crippen LogP contribution >= 0.6 is 0 Å². The standard InChI is InChI=1S/C15H22N2O/c1-15(2)10-4-3-5-13(15)17-12-8-6-11(7-9-12)14(16)18/h6-9,13,17H,3-5,10H2,1-2H3,(H2,16,18). The quantitative estimate of drug-likeness (QED) is 0.860. The summed E-state index contributed by atoms with van der Waals surface area (Å²) < 4.78 is 0. The van der Waals surface area contributed by atoms with Gasteiger partial charge in [0.15, 0.2) is 0 Å². The van der Waals surface area contributed by atoms with Gasteiger partial charge in [-0.25, -0.2) is 0 Å². The van der Waals surface area contributed by atoms with Crippen molar-refractivity contribution >= 4 is 11.6 Å². The summed E-state index contributed by atoms with van der Waals surface area (Å²) in [7, 11) is 0. The van der Waals surface area contributed by atoms with E-state index < -0.39 is 0 Å². The molecule has 0 aliphatic heterocycles. The number of hydrogen-bond donors (Lipinski definition) is 2. The van der Waals surface area contributed by atoms with Crippen LogP contribution in [0.25, 0.3) is 0 Å². The molecule has 1 aromatic rings. The lowest BCUT2D eigenvalue weighted by Crippen LogP contribution is -2.38. The van der Waals surface area contributed by atoms with E-state index in [1.54, 1.807) is 12.1 Å². The van der Waals surface area contributed by atoms with Crippen LogP contribution in [0.5, 0.6) is 0 Å². The molecule has 0 spiro atoms. The van der Waals surface area contributed by atoms with Crippen molar-refractivity contribution in [1.82, 2.24) is 0 Å². The Morgan fingerprint density at radius 1 is 1.28 bits per heavy atom. The van der Waals surface area contributed by atoms with Gasteiger partial charge in [-0.1, -0.05) is 26.7 Å². The van der Waals surface area contributed by atoms with Crippen LogP contribution in [0.2, 0.25) is 0 Å². The zero-order valence-corrected chi connectivity index (χ0v) is 11.2. The Kier molecular flexibility index (Phi) is 3.60. The van der Waals surface area contributed by atoms with Crippen molar-refractivity contribution in [3.8, 4) is 0 Å². The highest BCUT2D eigenvalue weighted by molar-refractivity contribution is 5.93. The minimum Gasteiger partial charge on any atom is -0.382 e. The molecule has 98 valence electrons. The highest BCUT2D eigenvalue weighted by atomic mass is 16.1. The Hall–Kier alpha value is -1.51. The van der Waals surface area contributed by atoms with Crippen molar-refractivity contribution in [3.63, 3.8) is 0 Å². The third-order valence-electron chi connectivity index (χ3n) is 4.02. The number of anilines is 1. The molecule has 2 rings (SSSR count). The predicted molar refractivity (Wildman–Crippen MR) is 74.6 cm³/mol. The van der Waals surface area contributed by atoms with Crippen LogP contribution in [0.1, 0.15) is 49.9 Å². The second kappa shape index (κ2) is 5.01. The molecule has 1 aliphatic carbocycles. The first kappa shape index (κ1) is 12.9. The van der Waals surface area contributed by atoms with Crippen molar-refractivity contribution < 1.29 is 4.79 Å². The van der Waals surface area contributed by atoms with Crippen LogP contribution in [0.3, 0.4) is 0 Å². The van der Waals surface area contributed by atoms with E-state index in [1.807, 2.05) is 12.1 Å². The van der Waals surface area contributed by atoms with E-state index in [0.29, 0.717) is 17.0 Å². The lowest BCUT2D eigenvalue weighted by atomic mass is 9.73. The van der Waals surface area contributed by atoms with Crippen molar-refractivity contribution in [1.29, 1.82) is 0 Å². The van der Waals surface area contributed by atoms with Gasteiger partial charge in [-0.3, -0.25) is 4.79 Å². The van der Waals surface area contributed by atoms with Crippen molar-refractivity contribution in [2.75, 3.05) is 5.32 Å². The van der Waals surface area contributed by atoms with Gasteiger partial charge in [0, 0.05) is 17.3 Å². The van der Waals surface area contributed by atoms with E-state index in [0.717, 1.165) is 5.69 Å².